The third-order valence-corrected chi connectivity index (χ3v) is 20.6. The van der Waals surface area contributed by atoms with Gasteiger partial charge in [0.1, 0.15) is 5.15 Å². The monoisotopic (exact) mass is 1680 g/mol. The van der Waals surface area contributed by atoms with Crippen LogP contribution in [0.15, 0.2) is 311 Å². The van der Waals surface area contributed by atoms with Gasteiger partial charge >= 0.3 is 0 Å². The van der Waals surface area contributed by atoms with Gasteiger partial charge < -0.3 is 5.32 Å². The first-order valence-corrected chi connectivity index (χ1v) is 43.7. The highest BCUT2D eigenvalue weighted by Crippen LogP contribution is 2.25. The van der Waals surface area contributed by atoms with Crippen LogP contribution in [0.25, 0.3) is 94.5 Å². The number of nitrogens with two attached hydrogens (primary N) is 1. The summed E-state index contributed by atoms with van der Waals surface area (Å²) >= 11 is 10.1. The van der Waals surface area contributed by atoms with Crippen molar-refractivity contribution in [1.29, 1.82) is 0 Å². The van der Waals surface area contributed by atoms with Crippen LogP contribution in [-0.4, -0.2) is 175 Å². The Morgan fingerprint density at radius 3 is 1.26 bits per heavy atom. The fraction of sp³-hybridized carbons (Fsp3) is 0.0649. The number of benzene rings is 7. The molecule has 0 atom stereocenters. The van der Waals surface area contributed by atoms with Gasteiger partial charge in [0, 0.05) is 130 Å². The molecule has 32 nitrogen and oxygen atoms in total. The van der Waals surface area contributed by atoms with E-state index in [0.29, 0.717) is 39.4 Å². The van der Waals surface area contributed by atoms with E-state index >= 15 is 0 Å². The second-order valence-electron chi connectivity index (χ2n) is 24.1. The number of sulfonamides is 1. The number of sulfone groups is 2. The van der Waals surface area contributed by atoms with Crippen LogP contribution >= 0.6 is 46.9 Å². The largest absolute Gasteiger partial charge is 0.324 e. The van der Waals surface area contributed by atoms with Gasteiger partial charge in [-0.05, 0) is 79.4 Å². The highest BCUT2D eigenvalue weighted by Gasteiger charge is 2.17. The number of hydrogen-bond acceptors (Lipinski definition) is 28. The normalized spacial score (nSPS) is 11.2. The fourth-order valence-electron chi connectivity index (χ4n) is 10.7. The summed E-state index contributed by atoms with van der Waals surface area (Å²) in [6.45, 7) is 0. The molecule has 12 aromatic heterocycles. The predicted molar refractivity (Wildman–Crippen MR) is 449 cm³/mol. The van der Waals surface area contributed by atoms with E-state index < -0.39 is 29.7 Å². The lowest BCUT2D eigenvalue weighted by Gasteiger charge is -2.08. The molecule has 0 saturated carbocycles. The van der Waals surface area contributed by atoms with Crippen molar-refractivity contribution >= 4 is 154 Å². The van der Waals surface area contributed by atoms with E-state index in [4.69, 9.17) is 16.7 Å². The Balaban J connectivity index is 0.000000120. The van der Waals surface area contributed by atoms with Crippen LogP contribution < -0.4 is 10.5 Å². The number of primary sulfonamides is 1. The Morgan fingerprint density at radius 1 is 0.397 bits per heavy atom. The topological polar surface area (TPSA) is 413 Å². The van der Waals surface area contributed by atoms with Gasteiger partial charge in [-0.3, -0.25) is 5.10 Å². The summed E-state index contributed by atoms with van der Waals surface area (Å²) in [5.74, 6) is 3.34. The molecular formula is C77H65ClN26O6S6. The maximum absolute atomic E-state index is 11.5. The van der Waals surface area contributed by atoms with E-state index in [9.17, 15) is 25.3 Å². The summed E-state index contributed by atoms with van der Waals surface area (Å²) in [5.41, 5.74) is 6.24. The number of anilines is 2. The molecule has 0 aliphatic heterocycles. The molecule has 582 valence electrons. The van der Waals surface area contributed by atoms with Crippen LogP contribution in [0.2, 0.25) is 5.15 Å². The smallest absolute Gasteiger partial charge is 0.248 e. The molecule has 0 amide bonds. The molecule has 4 N–H and O–H groups in total. The molecule has 0 saturated heterocycles. The van der Waals surface area contributed by atoms with Crippen molar-refractivity contribution in [2.75, 3.05) is 36.6 Å². The summed E-state index contributed by atoms with van der Waals surface area (Å²) < 4.78 is 77.2. The average Bonchev–Trinajstić information content (AvgIpc) is 1.59. The molecule has 0 aliphatic rings. The maximum Gasteiger partial charge on any atom is 0.248 e. The third kappa shape index (κ3) is 20.8. The second kappa shape index (κ2) is 37.2. The third-order valence-electron chi connectivity index (χ3n) is 16.1. The Morgan fingerprint density at radius 2 is 0.793 bits per heavy atom. The first-order chi connectivity index (χ1) is 56.1. The first kappa shape index (κ1) is 80.8. The van der Waals surface area contributed by atoms with Crippen LogP contribution in [0.4, 0.5) is 11.6 Å². The molecule has 0 aliphatic carbocycles. The molecule has 7 aromatic carbocycles. The maximum atomic E-state index is 11.5. The van der Waals surface area contributed by atoms with Crippen molar-refractivity contribution in [2.45, 2.75) is 30.7 Å². The summed E-state index contributed by atoms with van der Waals surface area (Å²) in [4.78, 5) is 49.2. The molecule has 19 aromatic rings. The van der Waals surface area contributed by atoms with E-state index in [1.165, 1.54) is 59.8 Å². The van der Waals surface area contributed by atoms with Crippen LogP contribution in [0.3, 0.4) is 0 Å². The lowest BCUT2D eigenvalue weighted by molar-refractivity contribution is 0.590. The lowest BCUT2D eigenvalue weighted by Crippen LogP contribution is -2.12. The van der Waals surface area contributed by atoms with Crippen molar-refractivity contribution in [2.24, 2.45) is 5.14 Å². The van der Waals surface area contributed by atoms with Crippen molar-refractivity contribution in [1.82, 2.24) is 119 Å². The number of aromatic amines is 1. The van der Waals surface area contributed by atoms with E-state index in [-0.39, 0.29) is 15.2 Å². The zero-order chi connectivity index (χ0) is 81.2. The van der Waals surface area contributed by atoms with Gasteiger partial charge in [0.05, 0.1) is 62.8 Å². The second-order valence-corrected chi connectivity index (χ2v) is 32.2. The molecule has 0 unspecified atom stereocenters. The summed E-state index contributed by atoms with van der Waals surface area (Å²) in [6, 6.07) is 63.6. The number of fused-ring (bicyclic) bond motifs is 6. The zero-order valence-electron chi connectivity index (χ0n) is 61.7. The molecule has 0 spiro atoms. The van der Waals surface area contributed by atoms with Gasteiger partial charge in [-0.15, -0.1) is 0 Å². The van der Waals surface area contributed by atoms with Crippen molar-refractivity contribution < 1.29 is 25.3 Å². The first-order valence-electron chi connectivity index (χ1n) is 34.3. The van der Waals surface area contributed by atoms with Gasteiger partial charge in [-0.1, -0.05) is 162 Å². The number of nitrogens with one attached hydrogen (secondary N) is 2. The predicted octanol–water partition coefficient (Wildman–Crippen LogP) is 13.1. The van der Waals surface area contributed by atoms with Crippen LogP contribution in [0.1, 0.15) is 0 Å². The van der Waals surface area contributed by atoms with E-state index in [1.807, 2.05) is 200 Å². The summed E-state index contributed by atoms with van der Waals surface area (Å²) in [5, 5.41) is 45.2. The van der Waals surface area contributed by atoms with Gasteiger partial charge in [0.2, 0.25) is 46.0 Å². The molecule has 0 fully saturated rings. The van der Waals surface area contributed by atoms with E-state index in [0.717, 1.165) is 99.9 Å². The van der Waals surface area contributed by atoms with E-state index in [2.05, 4.69) is 101 Å². The average molecular weight is 1680 g/mol. The molecule has 0 bridgehead atoms. The van der Waals surface area contributed by atoms with Crippen molar-refractivity contribution in [3.63, 3.8) is 0 Å². The van der Waals surface area contributed by atoms with Crippen molar-refractivity contribution in [3.8, 4) is 29.1 Å². The van der Waals surface area contributed by atoms with Gasteiger partial charge in [-0.25, -0.2) is 98.7 Å². The number of hydrogen-bond donors (Lipinski definition) is 3. The number of thioether (sulfide) groups is 3. The van der Waals surface area contributed by atoms with Crippen LogP contribution in [-0.2, 0) is 29.7 Å². The number of nitrogens with zero attached hydrogens (tertiary/aromatic N) is 23. The lowest BCUT2D eigenvalue weighted by atomic mass is 10.2. The number of H-pyrrole nitrogens is 1. The number of aromatic nitrogens is 24. The molecular weight excluding hydrogens is 1610 g/mol. The highest BCUT2D eigenvalue weighted by atomic mass is 35.5. The van der Waals surface area contributed by atoms with E-state index in [1.54, 1.807) is 98.5 Å². The number of para-hydroxylation sites is 4. The summed E-state index contributed by atoms with van der Waals surface area (Å²) in [6.07, 6.45) is 28.4. The minimum absolute atomic E-state index is 0.0109. The number of halogens is 1. The standard InChI is InChI=1S/C17H14N6O2S.2C12H10N4O2S.2C12H10N4S.C7H6N2.C5H5ClN2S/c18-26(24,25)14-6-3-5-13(10-14)21-17-19-9-8-16(22-17)23-15-7-2-1-4-12(15)11-20-23;1-19(17,18)12-13-7-6-11(14-12)16-8-9-4-2-3-5-10(9)15-16;1-19(17,18)12-13-7-6-11(15-12)16-10-5-3-2-4-9(10)8-14-16;1-17-12-13-7-6-11(14-12)16-8-9-4-2-3-5-10(9)15-16;1-17-12-13-7-6-11(15-12)16-10-5-3-2-4-9(10)8-14-16;1-2-4-7-6(3-1)5-8-9-7;1-9-5-7-3-2-4(6)8-5/h1-11H,(H2,18,24,25)(H,19,21,22);2*2-8H,1H3;2*2-8H,1H3;1-5H,(H,8,9);2-3H,1H3. The Hall–Kier alpha value is -13.2. The zero-order valence-corrected chi connectivity index (χ0v) is 67.4. The van der Waals surface area contributed by atoms with Gasteiger partial charge in [0.15, 0.2) is 44.6 Å². The minimum Gasteiger partial charge on any atom is -0.324 e. The highest BCUT2D eigenvalue weighted by molar-refractivity contribution is 7.98. The summed E-state index contributed by atoms with van der Waals surface area (Å²) in [7, 11) is -10.6. The van der Waals surface area contributed by atoms with Gasteiger partial charge in [-0.2, -0.15) is 45.5 Å². The van der Waals surface area contributed by atoms with Crippen molar-refractivity contribution in [3.05, 3.63) is 286 Å². The Bertz CT molecular complexity index is 6880. The fourth-order valence-corrected chi connectivity index (χ4v) is 13.5. The molecule has 116 heavy (non-hydrogen) atoms. The number of rotatable bonds is 13. The Kier molecular flexibility index (Phi) is 25.9. The molecule has 19 rings (SSSR count). The van der Waals surface area contributed by atoms with Gasteiger partial charge in [0.25, 0.3) is 0 Å². The quantitative estimate of drug-likeness (QED) is 0.0548. The SMILES string of the molecule is CS(=O)(=O)c1nccc(-n2cc3ccccc3n2)n1.CS(=O)(=O)c1nccc(-n2ncc3ccccc32)n1.CSc1nccc(-n2cc3ccccc3n2)n1.CSc1nccc(-n2ncc3ccccc32)n1.CSc1nccc(Cl)n1.NS(=O)(=O)c1cccc(Nc2nccc(-n3ncc4ccccc43)n2)c1.c1ccc2[nH]ncc2c1. The van der Waals surface area contributed by atoms with Crippen LogP contribution in [0.5, 0.6) is 0 Å². The van der Waals surface area contributed by atoms with Crippen LogP contribution in [0, 0.1) is 0 Å². The molecule has 12 heterocycles. The Labute approximate surface area is 680 Å². The molecule has 39 heteroatoms. The molecule has 0 radical (unpaired) electrons. The minimum atomic E-state index is -3.78.